The number of carbonyl (C=O) groups is 2. The molecule has 6 heteroatoms. The quantitative estimate of drug-likeness (QED) is 0.740. The van der Waals surface area contributed by atoms with Crippen molar-refractivity contribution in [3.63, 3.8) is 0 Å². The van der Waals surface area contributed by atoms with Gasteiger partial charge >= 0.3 is 5.97 Å². The largest absolute Gasteiger partial charge is 0.459 e. The van der Waals surface area contributed by atoms with E-state index in [1.807, 2.05) is 32.6 Å². The van der Waals surface area contributed by atoms with Crippen molar-refractivity contribution in [3.05, 3.63) is 0 Å². The van der Waals surface area contributed by atoms with E-state index < -0.39 is 5.60 Å². The second kappa shape index (κ2) is 7.75. The van der Waals surface area contributed by atoms with Gasteiger partial charge in [-0.3, -0.25) is 14.5 Å². The van der Waals surface area contributed by atoms with Gasteiger partial charge in [-0.2, -0.15) is 0 Å². The number of amides is 1. The summed E-state index contributed by atoms with van der Waals surface area (Å²) in [6.45, 7) is 8.88. The number of hydrogen-bond donors (Lipinski definition) is 1. The number of rotatable bonds is 6. The average Bonchev–Trinajstić information content (AvgIpc) is 2.74. The van der Waals surface area contributed by atoms with Gasteiger partial charge in [0.05, 0.1) is 13.2 Å². The third-order valence-electron chi connectivity index (χ3n) is 3.21. The fourth-order valence-corrected chi connectivity index (χ4v) is 2.45. The molecule has 1 saturated heterocycles. The monoisotopic (exact) mass is 300 g/mol. The number of likely N-dealkylation sites (tertiary alicyclic amines) is 1. The zero-order valence-electron chi connectivity index (χ0n) is 13.8. The number of nitrogens with one attached hydrogen (secondary N) is 1. The van der Waals surface area contributed by atoms with Crippen LogP contribution in [0.2, 0.25) is 0 Å². The summed E-state index contributed by atoms with van der Waals surface area (Å²) in [5.41, 5.74) is -0.499. The Morgan fingerprint density at radius 2 is 2.05 bits per heavy atom. The first-order chi connectivity index (χ1) is 9.73. The van der Waals surface area contributed by atoms with E-state index in [-0.39, 0.29) is 30.5 Å². The van der Waals surface area contributed by atoms with Crippen LogP contribution in [-0.2, 0) is 19.1 Å². The van der Waals surface area contributed by atoms with E-state index in [2.05, 4.69) is 5.32 Å². The normalized spacial score (nSPS) is 21.1. The molecule has 0 aromatic rings. The van der Waals surface area contributed by atoms with E-state index in [0.29, 0.717) is 6.61 Å². The Labute approximate surface area is 127 Å². The molecule has 0 aliphatic carbocycles. The molecule has 1 heterocycles. The molecule has 0 bridgehead atoms. The predicted octanol–water partition coefficient (Wildman–Crippen LogP) is 0.944. The summed E-state index contributed by atoms with van der Waals surface area (Å²) < 4.78 is 10.4. The van der Waals surface area contributed by atoms with Crippen LogP contribution in [-0.4, -0.2) is 61.3 Å². The van der Waals surface area contributed by atoms with E-state index in [1.54, 1.807) is 7.11 Å². The first kappa shape index (κ1) is 17.9. The number of hydrogen-bond acceptors (Lipinski definition) is 5. The lowest BCUT2D eigenvalue weighted by atomic mass is 10.1. The zero-order chi connectivity index (χ0) is 16.0. The summed E-state index contributed by atoms with van der Waals surface area (Å²) in [6, 6.07) is -0.349. The number of esters is 1. The van der Waals surface area contributed by atoms with Crippen molar-refractivity contribution in [2.24, 2.45) is 0 Å². The van der Waals surface area contributed by atoms with Crippen molar-refractivity contribution in [1.82, 2.24) is 10.2 Å². The van der Waals surface area contributed by atoms with Crippen LogP contribution in [0.15, 0.2) is 0 Å². The van der Waals surface area contributed by atoms with Crippen LogP contribution in [0.4, 0.5) is 0 Å². The molecule has 0 aromatic heterocycles. The van der Waals surface area contributed by atoms with E-state index in [9.17, 15) is 9.59 Å². The van der Waals surface area contributed by atoms with Gasteiger partial charge in [-0.15, -0.1) is 0 Å². The van der Waals surface area contributed by atoms with Gasteiger partial charge in [-0.05, 0) is 47.1 Å². The third-order valence-corrected chi connectivity index (χ3v) is 3.21. The molecule has 1 aliphatic rings. The minimum absolute atomic E-state index is 0.0370. The third kappa shape index (κ3) is 6.44. The second-order valence-corrected chi connectivity index (χ2v) is 6.59. The maximum atomic E-state index is 12.2. The number of methoxy groups -OCH3 is 1. The summed E-state index contributed by atoms with van der Waals surface area (Å²) in [5, 5.41) is 2.86. The van der Waals surface area contributed by atoms with Gasteiger partial charge in [-0.1, -0.05) is 0 Å². The Kier molecular flexibility index (Phi) is 6.61. The Balaban J connectivity index is 2.50. The van der Waals surface area contributed by atoms with Gasteiger partial charge in [-0.25, -0.2) is 0 Å². The maximum Gasteiger partial charge on any atom is 0.323 e. The standard InChI is InChI=1S/C15H28N2O4/c1-11(10-20-5)16-13(18)9-17-8-6-7-12(17)14(19)21-15(2,3)4/h11-12H,6-10H2,1-5H3,(H,16,18)/t11?,12-/m1/s1. The Bertz CT molecular complexity index is 365. The molecule has 1 amide bonds. The molecular weight excluding hydrogens is 272 g/mol. The van der Waals surface area contributed by atoms with E-state index in [0.717, 1.165) is 19.4 Å². The molecule has 1 rings (SSSR count). The molecule has 122 valence electrons. The van der Waals surface area contributed by atoms with Crippen molar-refractivity contribution >= 4 is 11.9 Å². The summed E-state index contributed by atoms with van der Waals surface area (Å²) >= 11 is 0. The highest BCUT2D eigenvalue weighted by Gasteiger charge is 2.35. The molecule has 6 nitrogen and oxygen atoms in total. The molecule has 1 aliphatic heterocycles. The number of nitrogens with zero attached hydrogens (tertiary/aromatic N) is 1. The van der Waals surface area contributed by atoms with Crippen molar-refractivity contribution in [3.8, 4) is 0 Å². The minimum atomic E-state index is -0.499. The molecule has 0 radical (unpaired) electrons. The lowest BCUT2D eigenvalue weighted by molar-refractivity contribution is -0.160. The van der Waals surface area contributed by atoms with E-state index in [1.165, 1.54) is 0 Å². The molecule has 0 spiro atoms. The van der Waals surface area contributed by atoms with Crippen molar-refractivity contribution in [2.75, 3.05) is 26.8 Å². The van der Waals surface area contributed by atoms with Gasteiger partial charge in [0.25, 0.3) is 0 Å². The van der Waals surface area contributed by atoms with Gasteiger partial charge < -0.3 is 14.8 Å². The number of ether oxygens (including phenoxy) is 2. The summed E-state index contributed by atoms with van der Waals surface area (Å²) in [6.07, 6.45) is 1.65. The molecule has 2 atom stereocenters. The summed E-state index contributed by atoms with van der Waals surface area (Å²) in [7, 11) is 1.60. The minimum Gasteiger partial charge on any atom is -0.459 e. The predicted molar refractivity (Wildman–Crippen MR) is 79.9 cm³/mol. The molecule has 21 heavy (non-hydrogen) atoms. The molecule has 1 N–H and O–H groups in total. The number of carbonyl (C=O) groups excluding carboxylic acids is 2. The maximum absolute atomic E-state index is 12.2. The topological polar surface area (TPSA) is 67.9 Å². The van der Waals surface area contributed by atoms with Crippen molar-refractivity contribution < 1.29 is 19.1 Å². The fourth-order valence-electron chi connectivity index (χ4n) is 2.45. The zero-order valence-corrected chi connectivity index (χ0v) is 13.8. The highest BCUT2D eigenvalue weighted by Crippen LogP contribution is 2.20. The van der Waals surface area contributed by atoms with Crippen LogP contribution >= 0.6 is 0 Å². The molecule has 1 fully saturated rings. The SMILES string of the molecule is COCC(C)NC(=O)CN1CCC[C@@H]1C(=O)OC(C)(C)C. The van der Waals surface area contributed by atoms with Crippen LogP contribution in [0.3, 0.4) is 0 Å². The van der Waals surface area contributed by atoms with Crippen LogP contribution in [0.1, 0.15) is 40.5 Å². The van der Waals surface area contributed by atoms with Gasteiger partial charge in [0.1, 0.15) is 11.6 Å². The second-order valence-electron chi connectivity index (χ2n) is 6.59. The molecule has 1 unspecified atom stereocenters. The van der Waals surface area contributed by atoms with Crippen LogP contribution in [0.25, 0.3) is 0 Å². The van der Waals surface area contributed by atoms with Crippen LogP contribution < -0.4 is 5.32 Å². The van der Waals surface area contributed by atoms with E-state index in [4.69, 9.17) is 9.47 Å². The smallest absolute Gasteiger partial charge is 0.323 e. The van der Waals surface area contributed by atoms with Crippen molar-refractivity contribution in [2.45, 2.75) is 58.2 Å². The summed E-state index contributed by atoms with van der Waals surface area (Å²) in [5.74, 6) is -0.326. The highest BCUT2D eigenvalue weighted by atomic mass is 16.6. The first-order valence-electron chi connectivity index (χ1n) is 7.48. The molecular formula is C15H28N2O4. The lowest BCUT2D eigenvalue weighted by Gasteiger charge is -2.27. The summed E-state index contributed by atoms with van der Waals surface area (Å²) in [4.78, 5) is 26.0. The van der Waals surface area contributed by atoms with E-state index >= 15 is 0 Å². The van der Waals surface area contributed by atoms with Crippen LogP contribution in [0, 0.1) is 0 Å². The Morgan fingerprint density at radius 1 is 1.38 bits per heavy atom. The van der Waals surface area contributed by atoms with Gasteiger partial charge in [0.2, 0.25) is 5.91 Å². The highest BCUT2D eigenvalue weighted by molar-refractivity contribution is 5.81. The van der Waals surface area contributed by atoms with Crippen molar-refractivity contribution in [1.29, 1.82) is 0 Å². The fraction of sp³-hybridized carbons (Fsp3) is 0.867. The lowest BCUT2D eigenvalue weighted by Crippen LogP contribution is -2.47. The van der Waals surface area contributed by atoms with Gasteiger partial charge in [0, 0.05) is 13.2 Å². The Morgan fingerprint density at radius 3 is 2.62 bits per heavy atom. The first-order valence-corrected chi connectivity index (χ1v) is 7.48. The van der Waals surface area contributed by atoms with Gasteiger partial charge in [0.15, 0.2) is 0 Å². The average molecular weight is 300 g/mol. The molecule has 0 saturated carbocycles. The Hall–Kier alpha value is -1.14. The molecule has 0 aromatic carbocycles. The van der Waals surface area contributed by atoms with Crippen LogP contribution in [0.5, 0.6) is 0 Å².